The zero-order chi connectivity index (χ0) is 0. The summed E-state index contributed by atoms with van der Waals surface area (Å²) in [6.45, 7) is 0. The monoisotopic (exact) mass is 214 g/mol. The minimum atomic E-state index is 0. The van der Waals surface area contributed by atoms with Crippen LogP contribution in [0.3, 0.4) is 0 Å². The maximum absolute atomic E-state index is 0. The Labute approximate surface area is 106 Å². The summed E-state index contributed by atoms with van der Waals surface area (Å²) in [5, 5.41) is 0. The summed E-state index contributed by atoms with van der Waals surface area (Å²) in [6, 6.07) is 0. The summed E-state index contributed by atoms with van der Waals surface area (Å²) in [7, 11) is 0. The standard InChI is InChI=1S/Al.ClH.Mg.Mo.Na.6H/h;1H;;;;;;;;;/q;;+2;;+1;;;;3*-1. The molecule has 0 nitrogen and oxygen atoms in total. The molecular weight excluding hydrogens is 206 g/mol. The van der Waals surface area contributed by atoms with Gasteiger partial charge in [0.15, 0.2) is 17.4 Å². The molecule has 0 heterocycles. The van der Waals surface area contributed by atoms with Gasteiger partial charge in [0.05, 0.1) is 0 Å². The van der Waals surface area contributed by atoms with Gasteiger partial charge in [-0.1, -0.05) is 0 Å². The van der Waals surface area contributed by atoms with E-state index in [2.05, 4.69) is 0 Å². The summed E-state index contributed by atoms with van der Waals surface area (Å²) in [6.07, 6.45) is 0. The molecule has 5 heteroatoms. The minimum Gasteiger partial charge on any atom is -1.00 e. The molecular formula is H7AlClMgMoNa. The third-order valence-corrected chi connectivity index (χ3v) is 0. The van der Waals surface area contributed by atoms with Crippen molar-refractivity contribution in [2.45, 2.75) is 0 Å². The van der Waals surface area contributed by atoms with Gasteiger partial charge in [-0.05, 0) is 0 Å². The average molecular weight is 213 g/mol. The molecule has 0 atom stereocenters. The van der Waals surface area contributed by atoms with Crippen LogP contribution < -0.4 is 29.6 Å². The second-order valence-electron chi connectivity index (χ2n) is 0. The maximum Gasteiger partial charge on any atom is 2.00 e. The molecule has 0 aromatic rings. The molecule has 0 amide bonds. The fourth-order valence-electron chi connectivity index (χ4n) is 0. The zero-order valence-corrected chi connectivity index (χ0v) is 8.76. The first-order chi connectivity index (χ1) is 0. The van der Waals surface area contributed by atoms with Crippen molar-refractivity contribution in [3.8, 4) is 0 Å². The van der Waals surface area contributed by atoms with Crippen LogP contribution in [0, 0.1) is 0 Å². The molecule has 26 valence electrons. The molecule has 0 aliphatic rings. The van der Waals surface area contributed by atoms with Gasteiger partial charge >= 0.3 is 52.6 Å². The number of hydrogen-bond donors (Lipinski definition) is 0. The van der Waals surface area contributed by atoms with Crippen LogP contribution >= 0.6 is 12.4 Å². The fraction of sp³-hybridized carbons (Fsp3) is 0. The Morgan fingerprint density at radius 3 is 1.20 bits per heavy atom. The molecule has 0 aromatic heterocycles. The van der Waals surface area contributed by atoms with Crippen molar-refractivity contribution in [3.63, 3.8) is 0 Å². The van der Waals surface area contributed by atoms with Crippen LogP contribution in [-0.2, 0) is 21.1 Å². The van der Waals surface area contributed by atoms with Crippen LogP contribution in [0.4, 0.5) is 0 Å². The van der Waals surface area contributed by atoms with E-state index in [1.54, 1.807) is 0 Å². The molecule has 0 saturated heterocycles. The second kappa shape index (κ2) is 26.7. The van der Waals surface area contributed by atoms with Gasteiger partial charge in [0.25, 0.3) is 0 Å². The third kappa shape index (κ3) is 18.9. The van der Waals surface area contributed by atoms with E-state index in [1.807, 2.05) is 0 Å². The maximum atomic E-state index is 0. The van der Waals surface area contributed by atoms with Crippen molar-refractivity contribution in [2.24, 2.45) is 0 Å². The summed E-state index contributed by atoms with van der Waals surface area (Å²) in [5.74, 6) is 0. The van der Waals surface area contributed by atoms with E-state index < -0.39 is 0 Å². The largest absolute Gasteiger partial charge is 2.00 e. The topological polar surface area (TPSA) is 0 Å². The van der Waals surface area contributed by atoms with Gasteiger partial charge in [-0.3, -0.25) is 0 Å². The average Bonchev–Trinajstić information content (AvgIpc) is 0. The second-order valence-corrected chi connectivity index (χ2v) is 0. The van der Waals surface area contributed by atoms with Gasteiger partial charge in [-0.2, -0.15) is 0 Å². The SMILES string of the molecule is Cl.[AlH3].[H-].[H-].[H-].[Mg+2].[Mo].[Na+]. The number of hydrogen-bond acceptors (Lipinski definition) is 0. The molecule has 0 bridgehead atoms. The quantitative estimate of drug-likeness (QED) is 0.362. The van der Waals surface area contributed by atoms with Crippen molar-refractivity contribution >= 4 is 52.8 Å². The van der Waals surface area contributed by atoms with Crippen molar-refractivity contribution in [3.05, 3.63) is 0 Å². The predicted molar refractivity (Wildman–Crippen MR) is 26.3 cm³/mol. The predicted octanol–water partition coefficient (Wildman–Crippen LogP) is -3.80. The molecule has 5 heavy (non-hydrogen) atoms. The van der Waals surface area contributed by atoms with Gasteiger partial charge in [-0.25, -0.2) is 0 Å². The molecule has 0 unspecified atom stereocenters. The van der Waals surface area contributed by atoms with Gasteiger partial charge in [0.2, 0.25) is 0 Å². The van der Waals surface area contributed by atoms with Gasteiger partial charge in [0.1, 0.15) is 0 Å². The van der Waals surface area contributed by atoms with Crippen LogP contribution in [0.25, 0.3) is 0 Å². The summed E-state index contributed by atoms with van der Waals surface area (Å²) < 4.78 is 0. The number of rotatable bonds is 0. The fourth-order valence-corrected chi connectivity index (χ4v) is 0. The van der Waals surface area contributed by atoms with Gasteiger partial charge in [0, 0.05) is 21.1 Å². The number of halogens is 1. The molecule has 0 N–H and O–H groups in total. The summed E-state index contributed by atoms with van der Waals surface area (Å²) in [5.41, 5.74) is 0. The summed E-state index contributed by atoms with van der Waals surface area (Å²) in [4.78, 5) is 0. The van der Waals surface area contributed by atoms with Crippen LogP contribution in [0.5, 0.6) is 0 Å². The Bertz CT molecular complexity index is 19.2. The first-order valence-corrected chi connectivity index (χ1v) is 0. The molecule has 0 spiro atoms. The normalized spacial score (nSPS) is 0. The molecule has 0 fully saturated rings. The molecule has 0 radical (unpaired) electrons. The molecule has 0 saturated carbocycles. The van der Waals surface area contributed by atoms with E-state index in [4.69, 9.17) is 0 Å². The van der Waals surface area contributed by atoms with Gasteiger partial charge in [-0.15, -0.1) is 12.4 Å². The molecule has 0 aromatic carbocycles. The Morgan fingerprint density at radius 1 is 1.20 bits per heavy atom. The molecule has 0 aliphatic heterocycles. The van der Waals surface area contributed by atoms with E-state index in [0.717, 1.165) is 0 Å². The summed E-state index contributed by atoms with van der Waals surface area (Å²) >= 11 is 0. The molecule has 0 rings (SSSR count). The molecule has 0 aliphatic carbocycles. The first kappa shape index (κ1) is 40.8. The Kier molecular flexibility index (Phi) is 218. The zero-order valence-electron chi connectivity index (χ0n) is 5.52. The van der Waals surface area contributed by atoms with Crippen molar-refractivity contribution < 1.29 is 54.9 Å². The third-order valence-electron chi connectivity index (χ3n) is 0. The van der Waals surface area contributed by atoms with E-state index in [1.165, 1.54) is 0 Å². The Hall–Kier alpha value is 3.28. The van der Waals surface area contributed by atoms with Crippen molar-refractivity contribution in [2.75, 3.05) is 0 Å². The Morgan fingerprint density at radius 2 is 1.20 bits per heavy atom. The van der Waals surface area contributed by atoms with Crippen molar-refractivity contribution in [1.82, 2.24) is 0 Å². The van der Waals surface area contributed by atoms with E-state index in [-0.39, 0.29) is 108 Å². The smallest absolute Gasteiger partial charge is 1.00 e. The van der Waals surface area contributed by atoms with Crippen LogP contribution in [-0.4, -0.2) is 40.4 Å². The van der Waals surface area contributed by atoms with E-state index >= 15 is 0 Å². The van der Waals surface area contributed by atoms with Crippen LogP contribution in [0.2, 0.25) is 0 Å². The van der Waals surface area contributed by atoms with Gasteiger partial charge < -0.3 is 4.28 Å². The minimum absolute atomic E-state index is 0. The van der Waals surface area contributed by atoms with Crippen LogP contribution in [0.1, 0.15) is 4.28 Å². The van der Waals surface area contributed by atoms with E-state index in [0.29, 0.717) is 0 Å². The van der Waals surface area contributed by atoms with E-state index in [9.17, 15) is 0 Å². The van der Waals surface area contributed by atoms with Crippen LogP contribution in [0.15, 0.2) is 0 Å². The van der Waals surface area contributed by atoms with Crippen molar-refractivity contribution in [1.29, 1.82) is 0 Å². The Balaban J connectivity index is 0. The first-order valence-electron chi connectivity index (χ1n) is 0.